The molecule has 0 bridgehead atoms. The third kappa shape index (κ3) is 76.6. The summed E-state index contributed by atoms with van der Waals surface area (Å²) in [5, 5.41) is 25.5. The van der Waals surface area contributed by atoms with Gasteiger partial charge in [-0.3, -0.25) is 14.4 Å². The number of hydrogen-bond acceptors (Lipinski definition) is 3. The Hall–Kier alpha value is -1.11. The van der Waals surface area contributed by atoms with Crippen LogP contribution in [0.25, 0.3) is 0 Å². The number of carbonyl (C=O) groups is 3. The summed E-state index contributed by atoms with van der Waals surface area (Å²) in [5.41, 5.74) is 0. The molecule has 61 heavy (non-hydrogen) atoms. The second kappa shape index (κ2) is 63.2. The van der Waals surface area contributed by atoms with Gasteiger partial charge in [-0.25, -0.2) is 0 Å². The van der Waals surface area contributed by atoms with Crippen LogP contribution < -0.4 is 0 Å². The second-order valence-corrected chi connectivity index (χ2v) is 17.2. The maximum Gasteiger partial charge on any atom is 0.303 e. The summed E-state index contributed by atoms with van der Waals surface area (Å²) >= 11 is 0. The van der Waals surface area contributed by atoms with E-state index in [1.807, 2.05) is 0 Å². The molecule has 0 saturated heterocycles. The molecule has 0 saturated carbocycles. The van der Waals surface area contributed by atoms with E-state index < -0.39 is 17.9 Å². The summed E-state index contributed by atoms with van der Waals surface area (Å²) in [6.07, 6.45) is 63.7. The zero-order chi connectivity index (χ0) is 44.7. The van der Waals surface area contributed by atoms with Crippen molar-refractivity contribution in [2.75, 3.05) is 0 Å². The zero-order valence-electron chi connectivity index (χ0n) is 40.5. The first kappa shape index (κ1) is 66.5. The number of carboxylic acids is 3. The standard InChI is InChI=1S/3C18H34O2.Ho/c3*1-2-3-4-5-6-7-8-9-10-11-12-13-14-15-16-17-18(19)20;/h3*9-10H,2-8,11-17H2,1H3,(H,19,20);/b3*10-9-;. The van der Waals surface area contributed by atoms with E-state index in [2.05, 4.69) is 57.2 Å². The summed E-state index contributed by atoms with van der Waals surface area (Å²) < 4.78 is 0. The van der Waals surface area contributed by atoms with Crippen molar-refractivity contribution in [3.05, 3.63) is 36.5 Å². The van der Waals surface area contributed by atoms with Gasteiger partial charge in [0.05, 0.1) is 0 Å². The van der Waals surface area contributed by atoms with E-state index in [9.17, 15) is 14.4 Å². The fraction of sp³-hybridized carbons (Fsp3) is 0.833. The van der Waals surface area contributed by atoms with Crippen molar-refractivity contribution in [3.63, 3.8) is 0 Å². The van der Waals surface area contributed by atoms with Crippen molar-refractivity contribution < 1.29 is 67.4 Å². The van der Waals surface area contributed by atoms with E-state index in [1.165, 1.54) is 212 Å². The van der Waals surface area contributed by atoms with Crippen LogP contribution in [0.3, 0.4) is 0 Å². The first-order chi connectivity index (χ1) is 29.3. The molecule has 0 fully saturated rings. The Bertz CT molecular complexity index is 827. The minimum atomic E-state index is -0.664. The van der Waals surface area contributed by atoms with Gasteiger partial charge in [0.1, 0.15) is 0 Å². The zero-order valence-corrected chi connectivity index (χ0v) is 42.5. The van der Waals surface area contributed by atoms with Crippen LogP contribution in [-0.2, 0) is 14.4 Å². The molecule has 0 aromatic heterocycles. The van der Waals surface area contributed by atoms with Crippen LogP contribution in [0.15, 0.2) is 36.5 Å². The van der Waals surface area contributed by atoms with Crippen molar-refractivity contribution in [2.24, 2.45) is 0 Å². The molecule has 3 N–H and O–H groups in total. The van der Waals surface area contributed by atoms with Gasteiger partial charge in [-0.15, -0.1) is 0 Å². The average Bonchev–Trinajstić information content (AvgIpc) is 3.22. The first-order valence-corrected chi connectivity index (χ1v) is 25.9. The van der Waals surface area contributed by atoms with E-state index in [4.69, 9.17) is 15.3 Å². The van der Waals surface area contributed by atoms with Crippen LogP contribution in [0.4, 0.5) is 0 Å². The van der Waals surface area contributed by atoms with Crippen molar-refractivity contribution >= 4 is 17.9 Å². The SMILES string of the molecule is CCCCCCCC/C=C\CCCCCCCC(=O)O.CCCCCCCC/C=C\CCCCCCCC(=O)O.CCCCCCCC/C=C\CCCCCCCC(=O)O.[Ho]. The van der Waals surface area contributed by atoms with Crippen LogP contribution in [-0.4, -0.2) is 33.2 Å². The maximum atomic E-state index is 10.3. The summed E-state index contributed by atoms with van der Waals surface area (Å²) in [7, 11) is 0. The fourth-order valence-electron chi connectivity index (χ4n) is 7.04. The molecule has 0 aromatic carbocycles. The van der Waals surface area contributed by atoms with Gasteiger partial charge >= 0.3 is 17.9 Å². The Morgan fingerprint density at radius 2 is 0.410 bits per heavy atom. The van der Waals surface area contributed by atoms with E-state index in [0.29, 0.717) is 19.3 Å². The van der Waals surface area contributed by atoms with Gasteiger partial charge < -0.3 is 15.3 Å². The van der Waals surface area contributed by atoms with Gasteiger partial charge in [0.15, 0.2) is 0 Å². The third-order valence-corrected chi connectivity index (χ3v) is 11.0. The average molecular weight is 1010 g/mol. The van der Waals surface area contributed by atoms with Crippen LogP contribution in [0.2, 0.25) is 0 Å². The van der Waals surface area contributed by atoms with E-state index in [-0.39, 0.29) is 37.7 Å². The van der Waals surface area contributed by atoms with Crippen LogP contribution in [0, 0.1) is 37.7 Å². The Labute approximate surface area is 409 Å². The molecule has 6 nitrogen and oxygen atoms in total. The molecule has 0 aromatic rings. The molecule has 0 heterocycles. The minimum absolute atomic E-state index is 0. The summed E-state index contributed by atoms with van der Waals surface area (Å²) in [6, 6.07) is 0. The maximum absolute atomic E-state index is 10.3. The first-order valence-electron chi connectivity index (χ1n) is 25.9. The number of rotatable bonds is 45. The molecule has 7 heteroatoms. The molecule has 0 aliphatic carbocycles. The van der Waals surface area contributed by atoms with E-state index >= 15 is 0 Å². The molecular weight excluding hydrogens is 910 g/mol. The van der Waals surface area contributed by atoms with Crippen molar-refractivity contribution in [1.82, 2.24) is 0 Å². The van der Waals surface area contributed by atoms with Crippen molar-refractivity contribution in [1.29, 1.82) is 0 Å². The van der Waals surface area contributed by atoms with Crippen LogP contribution >= 0.6 is 0 Å². The van der Waals surface area contributed by atoms with Gasteiger partial charge in [0.2, 0.25) is 0 Å². The number of carboxylic acid groups (broad SMARTS) is 3. The predicted molar refractivity (Wildman–Crippen MR) is 261 cm³/mol. The predicted octanol–water partition coefficient (Wildman–Crippen LogP) is 18.3. The topological polar surface area (TPSA) is 112 Å². The summed E-state index contributed by atoms with van der Waals surface area (Å²) in [6.45, 7) is 6.78. The van der Waals surface area contributed by atoms with Gasteiger partial charge in [0.25, 0.3) is 0 Å². The third-order valence-electron chi connectivity index (χ3n) is 11.0. The normalized spacial score (nSPS) is 11.1. The molecule has 0 spiro atoms. The van der Waals surface area contributed by atoms with Gasteiger partial charge in [0, 0.05) is 57.0 Å². The Kier molecular flexibility index (Phi) is 68.9. The van der Waals surface area contributed by atoms with Crippen LogP contribution in [0.1, 0.15) is 290 Å². The monoisotopic (exact) mass is 1010 g/mol. The summed E-state index contributed by atoms with van der Waals surface area (Å²) in [4.78, 5) is 31.0. The number of aliphatic carboxylic acids is 3. The molecule has 365 valence electrons. The molecule has 0 aliphatic heterocycles. The molecule has 1 radical (unpaired) electrons. The number of hydrogen-bond donors (Lipinski definition) is 3. The van der Waals surface area contributed by atoms with Gasteiger partial charge in [-0.1, -0.05) is 211 Å². The Balaban J connectivity index is -0.000000396. The smallest absolute Gasteiger partial charge is 0.303 e. The molecule has 0 amide bonds. The number of unbranched alkanes of at least 4 members (excludes halogenated alkanes) is 33. The fourth-order valence-corrected chi connectivity index (χ4v) is 7.04. The summed E-state index contributed by atoms with van der Waals surface area (Å²) in [5.74, 6) is -1.99. The van der Waals surface area contributed by atoms with Gasteiger partial charge in [-0.05, 0) is 96.3 Å². The Morgan fingerprint density at radius 1 is 0.262 bits per heavy atom. The molecule has 0 unspecified atom stereocenters. The number of allylic oxidation sites excluding steroid dienone is 6. The molecular formula is C54H102HoO6. The quantitative estimate of drug-likeness (QED) is 0.0318. The van der Waals surface area contributed by atoms with E-state index in [0.717, 1.165) is 38.5 Å². The molecule has 0 atom stereocenters. The van der Waals surface area contributed by atoms with E-state index in [1.54, 1.807) is 0 Å². The minimum Gasteiger partial charge on any atom is -0.481 e. The van der Waals surface area contributed by atoms with Gasteiger partial charge in [-0.2, -0.15) is 0 Å². The van der Waals surface area contributed by atoms with Crippen molar-refractivity contribution in [2.45, 2.75) is 290 Å². The van der Waals surface area contributed by atoms with Crippen molar-refractivity contribution in [3.8, 4) is 0 Å². The molecule has 0 rings (SSSR count). The Morgan fingerprint density at radius 3 is 0.574 bits per heavy atom. The second-order valence-electron chi connectivity index (χ2n) is 17.2. The van der Waals surface area contributed by atoms with Crippen LogP contribution in [0.5, 0.6) is 0 Å². The largest absolute Gasteiger partial charge is 0.481 e. The molecule has 0 aliphatic rings.